The van der Waals surface area contributed by atoms with Crippen molar-refractivity contribution in [3.63, 3.8) is 0 Å². The summed E-state index contributed by atoms with van der Waals surface area (Å²) in [6.45, 7) is 0. The van der Waals surface area contributed by atoms with Crippen LogP contribution in [0.15, 0.2) is 94.7 Å². The number of nitrogens with one attached hydrogen (secondary N) is 2. The third-order valence-corrected chi connectivity index (χ3v) is 5.92. The van der Waals surface area contributed by atoms with Crippen molar-refractivity contribution >= 4 is 35.7 Å². The van der Waals surface area contributed by atoms with E-state index in [0.29, 0.717) is 21.8 Å². The van der Waals surface area contributed by atoms with Gasteiger partial charge in [0.15, 0.2) is 5.54 Å². The zero-order valence-electron chi connectivity index (χ0n) is 16.5. The van der Waals surface area contributed by atoms with E-state index in [-0.39, 0.29) is 16.6 Å². The molecular formula is C23H16ClN5O2S. The normalized spacial score (nSPS) is 14.8. The number of hydrogen-bond acceptors (Lipinski definition) is 4. The number of benzene rings is 3. The first-order valence-corrected chi connectivity index (χ1v) is 10.5. The van der Waals surface area contributed by atoms with Gasteiger partial charge < -0.3 is 0 Å². The summed E-state index contributed by atoms with van der Waals surface area (Å²) in [7, 11) is 0. The van der Waals surface area contributed by atoms with Crippen LogP contribution >= 0.6 is 23.8 Å². The van der Waals surface area contributed by atoms with Crippen molar-refractivity contribution in [2.45, 2.75) is 5.54 Å². The molecular weight excluding hydrogens is 446 g/mol. The molecule has 0 saturated heterocycles. The third-order valence-electron chi connectivity index (χ3n) is 5.30. The maximum atomic E-state index is 13.4. The number of nitrogens with zero attached hydrogens (tertiary/aromatic N) is 3. The number of halogens is 1. The van der Waals surface area contributed by atoms with Crippen molar-refractivity contribution < 1.29 is 4.79 Å². The SMILES string of the molecule is O=C1NC(n2[nH]c(=O)n(-c3ccc(Cl)cc3)c2=S)=NC1(c1ccccc1)c1ccccc1. The number of rotatable bonds is 3. The van der Waals surface area contributed by atoms with Crippen molar-refractivity contribution in [1.82, 2.24) is 19.7 Å². The van der Waals surface area contributed by atoms with Gasteiger partial charge in [0.05, 0.1) is 5.69 Å². The van der Waals surface area contributed by atoms with E-state index in [1.54, 1.807) is 24.3 Å². The fourth-order valence-corrected chi connectivity index (χ4v) is 4.24. The van der Waals surface area contributed by atoms with Crippen LogP contribution in [0.4, 0.5) is 0 Å². The van der Waals surface area contributed by atoms with Crippen LogP contribution in [0.5, 0.6) is 0 Å². The minimum atomic E-state index is -1.31. The lowest BCUT2D eigenvalue weighted by atomic mass is 9.83. The number of amides is 1. The molecule has 9 heteroatoms. The van der Waals surface area contributed by atoms with Gasteiger partial charge in [0, 0.05) is 5.02 Å². The lowest BCUT2D eigenvalue weighted by Crippen LogP contribution is -2.39. The van der Waals surface area contributed by atoms with Crippen LogP contribution in [0, 0.1) is 4.77 Å². The minimum Gasteiger partial charge on any atom is -0.292 e. The lowest BCUT2D eigenvalue weighted by molar-refractivity contribution is -0.122. The highest BCUT2D eigenvalue weighted by molar-refractivity contribution is 7.71. The Labute approximate surface area is 192 Å². The highest BCUT2D eigenvalue weighted by Crippen LogP contribution is 2.37. The smallest absolute Gasteiger partial charge is 0.292 e. The first-order valence-electron chi connectivity index (χ1n) is 9.73. The molecule has 1 aliphatic heterocycles. The van der Waals surface area contributed by atoms with Crippen molar-refractivity contribution in [2.24, 2.45) is 4.99 Å². The first-order chi connectivity index (χ1) is 15.5. The largest absolute Gasteiger partial charge is 0.347 e. The molecule has 0 spiro atoms. The van der Waals surface area contributed by atoms with E-state index in [1.807, 2.05) is 60.7 Å². The molecule has 2 heterocycles. The molecule has 0 unspecified atom stereocenters. The molecule has 0 fully saturated rings. The van der Waals surface area contributed by atoms with Crippen LogP contribution < -0.4 is 11.0 Å². The Morgan fingerprint density at radius 2 is 1.41 bits per heavy atom. The summed E-state index contributed by atoms with van der Waals surface area (Å²) in [5.74, 6) is -0.204. The van der Waals surface area contributed by atoms with Gasteiger partial charge in [-0.05, 0) is 47.6 Å². The number of carbonyl (C=O) groups excluding carboxylic acids is 1. The summed E-state index contributed by atoms with van der Waals surface area (Å²) >= 11 is 11.5. The Balaban J connectivity index is 1.70. The van der Waals surface area contributed by atoms with Crippen LogP contribution in [-0.2, 0) is 10.3 Å². The van der Waals surface area contributed by atoms with E-state index in [1.165, 1.54) is 9.25 Å². The summed E-state index contributed by atoms with van der Waals surface area (Å²) in [6.07, 6.45) is 0. The molecule has 2 N–H and O–H groups in total. The van der Waals surface area contributed by atoms with E-state index in [9.17, 15) is 9.59 Å². The third kappa shape index (κ3) is 3.12. The van der Waals surface area contributed by atoms with Crippen LogP contribution in [0.2, 0.25) is 5.02 Å². The van der Waals surface area contributed by atoms with Crippen molar-refractivity contribution in [2.75, 3.05) is 0 Å². The number of H-pyrrole nitrogens is 1. The maximum Gasteiger partial charge on any atom is 0.347 e. The first kappa shape index (κ1) is 20.2. The second-order valence-corrected chi connectivity index (χ2v) is 7.98. The summed E-state index contributed by atoms with van der Waals surface area (Å²) < 4.78 is 2.75. The van der Waals surface area contributed by atoms with Gasteiger partial charge in [-0.2, -0.15) is 4.68 Å². The zero-order chi connectivity index (χ0) is 22.3. The molecule has 32 heavy (non-hydrogen) atoms. The van der Waals surface area contributed by atoms with Crippen molar-refractivity contribution in [1.29, 1.82) is 0 Å². The molecule has 5 rings (SSSR count). The monoisotopic (exact) mass is 461 g/mol. The second kappa shape index (κ2) is 7.74. The fraction of sp³-hybridized carbons (Fsp3) is 0.0435. The van der Waals surface area contributed by atoms with Crippen LogP contribution in [0.3, 0.4) is 0 Å². The predicted octanol–water partition coefficient (Wildman–Crippen LogP) is 3.63. The topological polar surface area (TPSA) is 84.2 Å². The van der Waals surface area contributed by atoms with Crippen LogP contribution in [-0.4, -0.2) is 26.2 Å². The minimum absolute atomic E-state index is 0.133. The molecule has 3 aromatic carbocycles. The highest BCUT2D eigenvalue weighted by atomic mass is 35.5. The number of hydrogen-bond donors (Lipinski definition) is 2. The van der Waals surface area contributed by atoms with Gasteiger partial charge in [-0.1, -0.05) is 72.3 Å². The number of aromatic amines is 1. The average Bonchev–Trinajstić information content (AvgIpc) is 3.32. The molecule has 1 amide bonds. The van der Waals surface area contributed by atoms with Gasteiger partial charge in [-0.3, -0.25) is 10.1 Å². The summed E-state index contributed by atoms with van der Waals surface area (Å²) in [4.78, 5) is 30.9. The molecule has 4 aromatic rings. The van der Waals surface area contributed by atoms with Crippen molar-refractivity contribution in [3.8, 4) is 5.69 Å². The van der Waals surface area contributed by atoms with Gasteiger partial charge in [0.1, 0.15) is 0 Å². The Bertz CT molecular complexity index is 1410. The molecule has 0 aliphatic carbocycles. The van der Waals surface area contributed by atoms with Gasteiger partial charge in [-0.15, -0.1) is 0 Å². The lowest BCUT2D eigenvalue weighted by Gasteiger charge is -2.24. The molecule has 0 atom stereocenters. The van der Waals surface area contributed by atoms with E-state index >= 15 is 0 Å². The summed E-state index contributed by atoms with van der Waals surface area (Å²) in [5.41, 5.74) is 0.161. The van der Waals surface area contributed by atoms with Crippen LogP contribution in [0.1, 0.15) is 11.1 Å². The highest BCUT2D eigenvalue weighted by Gasteiger charge is 2.47. The Hall–Kier alpha value is -3.75. The Morgan fingerprint density at radius 3 is 1.97 bits per heavy atom. The molecule has 1 aromatic heterocycles. The zero-order valence-corrected chi connectivity index (χ0v) is 18.1. The van der Waals surface area contributed by atoms with Gasteiger partial charge in [0.2, 0.25) is 10.7 Å². The van der Waals surface area contributed by atoms with Gasteiger partial charge in [-0.25, -0.2) is 19.5 Å². The van der Waals surface area contributed by atoms with E-state index in [2.05, 4.69) is 10.4 Å². The Kier molecular flexibility index (Phi) is 4.88. The molecule has 0 saturated carbocycles. The molecule has 0 bridgehead atoms. The number of aromatic nitrogens is 3. The predicted molar refractivity (Wildman–Crippen MR) is 125 cm³/mol. The van der Waals surface area contributed by atoms with E-state index in [4.69, 9.17) is 28.8 Å². The second-order valence-electron chi connectivity index (χ2n) is 7.18. The average molecular weight is 462 g/mol. The van der Waals surface area contributed by atoms with Crippen LogP contribution in [0.25, 0.3) is 5.69 Å². The quantitative estimate of drug-likeness (QED) is 0.457. The molecule has 158 valence electrons. The molecule has 7 nitrogen and oxygen atoms in total. The maximum absolute atomic E-state index is 13.4. The van der Waals surface area contributed by atoms with E-state index < -0.39 is 11.2 Å². The molecule has 1 aliphatic rings. The standard InChI is InChI=1S/C23H16ClN5O2S/c24-17-11-13-18(14-12-17)28-21(31)27-29(22(28)32)20-25-19(30)23(26-20,15-7-3-1-4-8-15)16-9-5-2-6-10-16/h1-14H,(H,27,31)(H,25,26,30). The molecule has 0 radical (unpaired) electrons. The fourth-order valence-electron chi connectivity index (χ4n) is 3.79. The number of carbonyl (C=O) groups is 1. The summed E-state index contributed by atoms with van der Waals surface area (Å²) in [6, 6.07) is 25.3. The van der Waals surface area contributed by atoms with Crippen molar-refractivity contribution in [3.05, 3.63) is 116 Å². The number of aliphatic imine (C=N–C) groups is 1. The summed E-state index contributed by atoms with van der Waals surface area (Å²) in [5, 5.41) is 6.01. The van der Waals surface area contributed by atoms with E-state index in [0.717, 1.165) is 0 Å². The van der Waals surface area contributed by atoms with Gasteiger partial charge in [0.25, 0.3) is 5.91 Å². The Morgan fingerprint density at radius 1 is 0.844 bits per heavy atom. The van der Waals surface area contributed by atoms with Gasteiger partial charge >= 0.3 is 5.69 Å².